The number of hydrogen-bond donors (Lipinski definition) is 1. The van der Waals surface area contributed by atoms with Crippen molar-refractivity contribution in [2.75, 3.05) is 0 Å². The maximum Gasteiger partial charge on any atom is 0.154 e. The van der Waals surface area contributed by atoms with Gasteiger partial charge in [-0.05, 0) is 31.1 Å². The Bertz CT molecular complexity index is 316. The van der Waals surface area contributed by atoms with Crippen LogP contribution >= 0.6 is 0 Å². The van der Waals surface area contributed by atoms with Gasteiger partial charge in [0.05, 0.1) is 6.10 Å². The zero-order valence-corrected chi connectivity index (χ0v) is 9.27. The normalized spacial score (nSPS) is 62.1. The van der Waals surface area contributed by atoms with Crippen molar-refractivity contribution in [1.82, 2.24) is 0 Å². The molecule has 2 saturated carbocycles. The first-order valence-corrected chi connectivity index (χ1v) is 5.85. The van der Waals surface area contributed by atoms with Gasteiger partial charge in [0.2, 0.25) is 0 Å². The molecule has 0 amide bonds. The van der Waals surface area contributed by atoms with Gasteiger partial charge in [0.25, 0.3) is 0 Å². The van der Waals surface area contributed by atoms with Crippen molar-refractivity contribution in [3.8, 4) is 0 Å². The Morgan fingerprint density at radius 2 is 2.20 bits per heavy atom. The number of aldehydes is 1. The van der Waals surface area contributed by atoms with E-state index in [0.29, 0.717) is 11.8 Å². The molecule has 1 saturated heterocycles. The number of fused-ring (bicyclic) bond motifs is 3. The molecule has 1 aliphatic heterocycles. The van der Waals surface area contributed by atoms with E-state index in [-0.39, 0.29) is 17.6 Å². The first kappa shape index (κ1) is 9.79. The predicted octanol–water partition coefficient (Wildman–Crippen LogP) is 1.14. The molecule has 1 N–H and O–H groups in total. The first-order valence-electron chi connectivity index (χ1n) is 5.85. The van der Waals surface area contributed by atoms with E-state index in [1.807, 2.05) is 0 Å². The van der Waals surface area contributed by atoms with E-state index in [0.717, 1.165) is 25.5 Å². The molecule has 3 nitrogen and oxygen atoms in total. The highest BCUT2D eigenvalue weighted by Crippen LogP contribution is 2.67. The molecule has 0 aromatic heterocycles. The molecule has 0 radical (unpaired) electrons. The summed E-state index contributed by atoms with van der Waals surface area (Å²) in [6.07, 6.45) is 3.44. The van der Waals surface area contributed by atoms with Gasteiger partial charge >= 0.3 is 0 Å². The molecular formula is C12H18O3. The average molecular weight is 210 g/mol. The topological polar surface area (TPSA) is 49.8 Å². The second-order valence-electron chi connectivity index (χ2n) is 5.86. The summed E-state index contributed by atoms with van der Waals surface area (Å²) in [4.78, 5) is 11.1. The molecule has 2 aliphatic carbocycles. The fourth-order valence-corrected chi connectivity index (χ4v) is 4.04. The predicted molar refractivity (Wildman–Crippen MR) is 54.3 cm³/mol. The maximum absolute atomic E-state index is 11.1. The molecule has 15 heavy (non-hydrogen) atoms. The third-order valence-corrected chi connectivity index (χ3v) is 5.18. The van der Waals surface area contributed by atoms with Crippen molar-refractivity contribution in [1.29, 1.82) is 0 Å². The summed E-state index contributed by atoms with van der Waals surface area (Å²) in [5.41, 5.74) is -0.363. The molecule has 6 atom stereocenters. The second-order valence-corrected chi connectivity index (χ2v) is 5.86. The molecule has 0 aromatic rings. The number of ether oxygens (including phenoxy) is 1. The van der Waals surface area contributed by atoms with Crippen molar-refractivity contribution in [3.05, 3.63) is 0 Å². The Morgan fingerprint density at radius 3 is 2.87 bits per heavy atom. The summed E-state index contributed by atoms with van der Waals surface area (Å²) in [6, 6.07) is 0. The van der Waals surface area contributed by atoms with Crippen molar-refractivity contribution < 1.29 is 14.6 Å². The van der Waals surface area contributed by atoms with Gasteiger partial charge in [0.15, 0.2) is 11.9 Å². The molecular weight excluding hydrogens is 192 g/mol. The van der Waals surface area contributed by atoms with Crippen molar-refractivity contribution in [2.24, 2.45) is 17.3 Å². The highest BCUT2D eigenvalue weighted by atomic mass is 16.6. The molecule has 3 rings (SSSR count). The fraction of sp³-hybridized carbons (Fsp3) is 0.917. The minimum absolute atomic E-state index is 0.111. The molecule has 3 fully saturated rings. The van der Waals surface area contributed by atoms with Crippen LogP contribution in [0, 0.1) is 17.3 Å². The summed E-state index contributed by atoms with van der Waals surface area (Å²) in [5, 5.41) is 9.77. The smallest absolute Gasteiger partial charge is 0.154 e. The lowest BCUT2D eigenvalue weighted by Gasteiger charge is -2.44. The SMILES string of the molecule is C[C@@H]1C[C@H](O)C[C@H]2C[C@]3(C=O)O[C@@H]3[C@]21C. The zero-order valence-electron chi connectivity index (χ0n) is 9.27. The molecule has 3 heteroatoms. The van der Waals surface area contributed by atoms with E-state index in [4.69, 9.17) is 4.74 Å². The van der Waals surface area contributed by atoms with Crippen LogP contribution in [0.15, 0.2) is 0 Å². The Labute approximate surface area is 89.8 Å². The van der Waals surface area contributed by atoms with Crippen molar-refractivity contribution >= 4 is 6.29 Å². The highest BCUT2D eigenvalue weighted by Gasteiger charge is 2.74. The van der Waals surface area contributed by atoms with E-state index in [9.17, 15) is 9.90 Å². The van der Waals surface area contributed by atoms with Crippen LogP contribution in [0.4, 0.5) is 0 Å². The number of carbonyl (C=O) groups excluding carboxylic acids is 1. The molecule has 1 heterocycles. The number of rotatable bonds is 1. The van der Waals surface area contributed by atoms with E-state index in [1.54, 1.807) is 0 Å². The Morgan fingerprint density at radius 1 is 1.47 bits per heavy atom. The summed E-state index contributed by atoms with van der Waals surface area (Å²) < 4.78 is 5.62. The number of epoxide rings is 1. The molecule has 0 bridgehead atoms. The van der Waals surface area contributed by atoms with Crippen molar-refractivity contribution in [2.45, 2.75) is 50.9 Å². The number of hydrogen-bond acceptors (Lipinski definition) is 3. The first-order chi connectivity index (χ1) is 7.03. The minimum atomic E-state index is -0.474. The molecule has 3 aliphatic rings. The Balaban J connectivity index is 1.94. The van der Waals surface area contributed by atoms with Gasteiger partial charge in [-0.2, -0.15) is 0 Å². The van der Waals surface area contributed by atoms with Crippen LogP contribution in [-0.4, -0.2) is 29.2 Å². The number of carbonyl (C=O) groups is 1. The summed E-state index contributed by atoms with van der Waals surface area (Å²) in [6.45, 7) is 4.41. The fourth-order valence-electron chi connectivity index (χ4n) is 4.04. The van der Waals surface area contributed by atoms with Gasteiger partial charge in [-0.15, -0.1) is 0 Å². The van der Waals surface area contributed by atoms with E-state index in [2.05, 4.69) is 13.8 Å². The van der Waals surface area contributed by atoms with Gasteiger partial charge in [-0.1, -0.05) is 13.8 Å². The van der Waals surface area contributed by atoms with Crippen LogP contribution < -0.4 is 0 Å². The third kappa shape index (κ3) is 1.01. The summed E-state index contributed by atoms with van der Waals surface area (Å²) >= 11 is 0. The van der Waals surface area contributed by atoms with Crippen LogP contribution in [0.1, 0.15) is 33.1 Å². The quantitative estimate of drug-likeness (QED) is 0.521. The largest absolute Gasteiger partial charge is 0.393 e. The average Bonchev–Trinajstić information content (AvgIpc) is 2.84. The van der Waals surface area contributed by atoms with Crippen LogP contribution in [0.25, 0.3) is 0 Å². The monoisotopic (exact) mass is 210 g/mol. The lowest BCUT2D eigenvalue weighted by Crippen LogP contribution is -2.43. The minimum Gasteiger partial charge on any atom is -0.393 e. The van der Waals surface area contributed by atoms with Crippen LogP contribution in [0.5, 0.6) is 0 Å². The van der Waals surface area contributed by atoms with Gasteiger partial charge < -0.3 is 14.6 Å². The van der Waals surface area contributed by atoms with Crippen LogP contribution in [0.3, 0.4) is 0 Å². The van der Waals surface area contributed by atoms with Gasteiger partial charge in [-0.25, -0.2) is 0 Å². The summed E-state index contributed by atoms with van der Waals surface area (Å²) in [7, 11) is 0. The number of aliphatic hydroxyl groups is 1. The maximum atomic E-state index is 11.1. The van der Waals surface area contributed by atoms with Crippen LogP contribution in [-0.2, 0) is 9.53 Å². The lowest BCUT2D eigenvalue weighted by molar-refractivity contribution is -0.113. The van der Waals surface area contributed by atoms with Crippen molar-refractivity contribution in [3.63, 3.8) is 0 Å². The molecule has 0 spiro atoms. The standard InChI is InChI=1S/C12H18O3/c1-7-3-9(14)4-8-5-12(6-13)10(15-12)11(7,8)2/h6-10,14H,3-5H2,1-2H3/t7-,8+,9+,10-,11+,12-/m1/s1. The van der Waals surface area contributed by atoms with E-state index < -0.39 is 5.60 Å². The van der Waals surface area contributed by atoms with E-state index in [1.165, 1.54) is 0 Å². The summed E-state index contributed by atoms with van der Waals surface area (Å²) in [5.74, 6) is 0.903. The molecule has 0 aromatic carbocycles. The Hall–Kier alpha value is -0.410. The Kier molecular flexibility index (Phi) is 1.72. The third-order valence-electron chi connectivity index (χ3n) is 5.18. The lowest BCUT2D eigenvalue weighted by atomic mass is 9.62. The van der Waals surface area contributed by atoms with Crippen LogP contribution in [0.2, 0.25) is 0 Å². The highest BCUT2D eigenvalue weighted by molar-refractivity contribution is 5.70. The zero-order chi connectivity index (χ0) is 10.8. The van der Waals surface area contributed by atoms with Gasteiger partial charge in [0, 0.05) is 5.41 Å². The van der Waals surface area contributed by atoms with Gasteiger partial charge in [-0.3, -0.25) is 0 Å². The molecule has 0 unspecified atom stereocenters. The van der Waals surface area contributed by atoms with E-state index >= 15 is 0 Å². The number of aliphatic hydroxyl groups excluding tert-OH is 1. The second kappa shape index (κ2) is 2.64. The molecule has 84 valence electrons. The van der Waals surface area contributed by atoms with Gasteiger partial charge in [0.1, 0.15) is 6.10 Å².